The van der Waals surface area contributed by atoms with Gasteiger partial charge in [-0.2, -0.15) is 0 Å². The van der Waals surface area contributed by atoms with Crippen molar-refractivity contribution in [2.75, 3.05) is 25.1 Å². The van der Waals surface area contributed by atoms with E-state index in [-0.39, 0.29) is 30.7 Å². The largest absolute Gasteiger partial charge is 0.506 e. The molecule has 51 heavy (non-hydrogen) atoms. The van der Waals surface area contributed by atoms with Crippen LogP contribution in [-0.2, 0) is 33.0 Å². The molecule has 2 aliphatic rings. The van der Waals surface area contributed by atoms with Crippen molar-refractivity contribution in [2.45, 2.75) is 38.9 Å². The number of aromatic nitrogens is 1. The number of nitrogens with zero attached hydrogens (tertiary/aromatic N) is 4. The van der Waals surface area contributed by atoms with Gasteiger partial charge >= 0.3 is 6.09 Å². The lowest BCUT2D eigenvalue weighted by Crippen LogP contribution is -2.46. The number of aromatic hydroxyl groups is 1. The zero-order chi connectivity index (χ0) is 35.8. The van der Waals surface area contributed by atoms with Gasteiger partial charge in [0.15, 0.2) is 0 Å². The Labute approximate surface area is 296 Å². The molecule has 1 aromatic heterocycles. The van der Waals surface area contributed by atoms with E-state index in [9.17, 15) is 24.6 Å². The fraction of sp³-hybridized carbons (Fsp3) is 0.244. The first-order valence-corrected chi connectivity index (χ1v) is 17.0. The van der Waals surface area contributed by atoms with Crippen LogP contribution in [0.4, 0.5) is 10.5 Å². The monoisotopic (exact) mass is 684 g/mol. The van der Waals surface area contributed by atoms with Gasteiger partial charge in [-0.05, 0) is 84.5 Å². The van der Waals surface area contributed by atoms with Gasteiger partial charge in [-0.15, -0.1) is 0 Å². The number of hydrogen-bond donors (Lipinski definition) is 2. The molecule has 0 radical (unpaired) electrons. The van der Waals surface area contributed by atoms with Crippen LogP contribution in [0.25, 0.3) is 11.3 Å². The maximum atomic E-state index is 14.8. The molecule has 5 aromatic rings. The molecule has 260 valence electrons. The van der Waals surface area contributed by atoms with E-state index in [1.165, 1.54) is 11.0 Å². The van der Waals surface area contributed by atoms with Crippen LogP contribution in [0.15, 0.2) is 97.1 Å². The van der Waals surface area contributed by atoms with Gasteiger partial charge in [-0.1, -0.05) is 54.6 Å². The summed E-state index contributed by atoms with van der Waals surface area (Å²) in [6.07, 6.45) is 0.604. The quantitative estimate of drug-likeness (QED) is 0.224. The Bertz CT molecular complexity index is 2140. The number of para-hydroxylation sites is 3. The molecule has 2 aliphatic heterocycles. The number of fused-ring (bicyclic) bond motifs is 2. The normalized spacial score (nSPS) is 15.2. The summed E-state index contributed by atoms with van der Waals surface area (Å²) in [5.74, 6) is -0.101. The molecule has 0 fully saturated rings. The highest BCUT2D eigenvalue weighted by Gasteiger charge is 2.34. The van der Waals surface area contributed by atoms with Crippen LogP contribution >= 0.6 is 0 Å². The van der Waals surface area contributed by atoms with Crippen molar-refractivity contribution >= 4 is 23.6 Å². The third kappa shape index (κ3) is 6.34. The van der Waals surface area contributed by atoms with Crippen LogP contribution in [0.1, 0.15) is 48.7 Å². The number of aliphatic hydroxyl groups excluding tert-OH is 1. The molecule has 1 atom stereocenters. The van der Waals surface area contributed by atoms with E-state index in [2.05, 4.69) is 0 Å². The number of benzene rings is 4. The number of carbonyl (C=O) groups is 3. The topological polar surface area (TPSA) is 116 Å². The maximum Gasteiger partial charge on any atom is 0.415 e. The molecule has 4 aromatic carbocycles. The molecule has 0 bridgehead atoms. The zero-order valence-corrected chi connectivity index (χ0v) is 28.9. The highest BCUT2D eigenvalue weighted by Crippen LogP contribution is 2.36. The Morgan fingerprint density at radius 2 is 1.55 bits per heavy atom. The van der Waals surface area contributed by atoms with Gasteiger partial charge in [0.1, 0.15) is 11.5 Å². The summed E-state index contributed by atoms with van der Waals surface area (Å²) in [5, 5.41) is 20.9. The minimum Gasteiger partial charge on any atom is -0.506 e. The SMILES string of the molecule is Cc1c(C(=O)N(C)c2ccccc2O)cc(-c2cc3c(cc2C(=O)N2Cc4ccccc4C[C@H]2CO)CN(C(=O)Oc2ccccc2)CC3)n1C. The Hall–Kier alpha value is -5.87. The Balaban J connectivity index is 1.29. The van der Waals surface area contributed by atoms with Crippen LogP contribution in [0.2, 0.25) is 0 Å². The van der Waals surface area contributed by atoms with E-state index in [4.69, 9.17) is 4.74 Å². The fourth-order valence-corrected chi connectivity index (χ4v) is 7.16. The van der Waals surface area contributed by atoms with Crippen LogP contribution in [0, 0.1) is 6.92 Å². The Kier molecular flexibility index (Phi) is 9.10. The third-order valence-corrected chi connectivity index (χ3v) is 10.2. The zero-order valence-electron chi connectivity index (χ0n) is 28.9. The number of rotatable bonds is 6. The number of phenolic OH excluding ortho intramolecular Hbond substituents is 1. The van der Waals surface area contributed by atoms with Crippen molar-refractivity contribution < 1.29 is 29.3 Å². The first-order chi connectivity index (χ1) is 24.6. The van der Waals surface area contributed by atoms with Gasteiger partial charge in [-0.25, -0.2) is 4.79 Å². The summed E-state index contributed by atoms with van der Waals surface area (Å²) in [7, 11) is 3.49. The highest BCUT2D eigenvalue weighted by atomic mass is 16.6. The van der Waals surface area contributed by atoms with Gasteiger partial charge in [0.05, 0.1) is 23.9 Å². The second kappa shape index (κ2) is 13.8. The standard InChI is InChI=1S/C41H40N4O6/c1-26-33(39(48)43(3)36-15-9-10-16-38(36)47)22-37(42(26)2)34-20-28-17-18-44(41(50)51-32-13-5-4-6-14-32)23-30(28)21-35(34)40(49)45-24-29-12-8-7-11-27(29)19-31(45)25-46/h4-16,20-22,31,46-47H,17-19,23-25H2,1-3H3/t31-/m0/s1. The molecule has 0 saturated carbocycles. The number of phenols is 1. The van der Waals surface area contributed by atoms with Crippen LogP contribution in [0.3, 0.4) is 0 Å². The average Bonchev–Trinajstić information content (AvgIpc) is 3.45. The van der Waals surface area contributed by atoms with E-state index >= 15 is 0 Å². The number of anilines is 1. The van der Waals surface area contributed by atoms with Crippen LogP contribution in [0.5, 0.6) is 11.5 Å². The summed E-state index contributed by atoms with van der Waals surface area (Å²) in [4.78, 5) is 46.7. The second-order valence-electron chi connectivity index (χ2n) is 13.2. The van der Waals surface area contributed by atoms with Gasteiger partial charge in [-0.3, -0.25) is 9.59 Å². The van der Waals surface area contributed by atoms with Crippen molar-refractivity contribution in [1.82, 2.24) is 14.4 Å². The van der Waals surface area contributed by atoms with Gasteiger partial charge < -0.3 is 34.2 Å². The van der Waals surface area contributed by atoms with E-state index < -0.39 is 12.1 Å². The molecular weight excluding hydrogens is 644 g/mol. The predicted molar refractivity (Wildman–Crippen MR) is 194 cm³/mol. The number of aliphatic hydroxyl groups is 1. The maximum absolute atomic E-state index is 14.8. The number of hydrogen-bond acceptors (Lipinski definition) is 6. The van der Waals surface area contributed by atoms with Crippen molar-refractivity contribution in [2.24, 2.45) is 7.05 Å². The molecule has 7 rings (SSSR count). The van der Waals surface area contributed by atoms with Crippen LogP contribution in [-0.4, -0.2) is 68.7 Å². The van der Waals surface area contributed by atoms with Gasteiger partial charge in [0.2, 0.25) is 0 Å². The van der Waals surface area contributed by atoms with E-state index in [1.54, 1.807) is 65.4 Å². The van der Waals surface area contributed by atoms with Crippen molar-refractivity contribution in [3.63, 3.8) is 0 Å². The number of amides is 3. The first-order valence-electron chi connectivity index (χ1n) is 17.0. The Morgan fingerprint density at radius 1 is 0.843 bits per heavy atom. The molecule has 0 saturated heterocycles. The molecule has 0 spiro atoms. The number of ether oxygens (including phenoxy) is 1. The second-order valence-corrected chi connectivity index (χ2v) is 13.2. The third-order valence-electron chi connectivity index (χ3n) is 10.2. The van der Waals surface area contributed by atoms with Crippen LogP contribution < -0.4 is 9.64 Å². The van der Waals surface area contributed by atoms with Crippen molar-refractivity contribution in [3.05, 3.63) is 136 Å². The molecular formula is C41H40N4O6. The molecule has 0 aliphatic carbocycles. The lowest BCUT2D eigenvalue weighted by Gasteiger charge is -2.37. The van der Waals surface area contributed by atoms with E-state index in [0.717, 1.165) is 22.3 Å². The van der Waals surface area contributed by atoms with Crippen molar-refractivity contribution in [3.8, 4) is 22.8 Å². The lowest BCUT2D eigenvalue weighted by molar-refractivity contribution is 0.0544. The van der Waals surface area contributed by atoms with Crippen molar-refractivity contribution in [1.29, 1.82) is 0 Å². The summed E-state index contributed by atoms with van der Waals surface area (Å²) in [6, 6.07) is 28.8. The molecule has 3 heterocycles. The molecule has 10 heteroatoms. The average molecular weight is 685 g/mol. The van der Waals surface area contributed by atoms with Gasteiger partial charge in [0, 0.05) is 56.2 Å². The summed E-state index contributed by atoms with van der Waals surface area (Å²) < 4.78 is 7.55. The lowest BCUT2D eigenvalue weighted by atomic mass is 9.89. The Morgan fingerprint density at radius 3 is 2.29 bits per heavy atom. The first kappa shape index (κ1) is 33.6. The minimum absolute atomic E-state index is 0.00651. The molecule has 3 amide bonds. The predicted octanol–water partition coefficient (Wildman–Crippen LogP) is 6.10. The van der Waals surface area contributed by atoms with E-state index in [1.807, 2.05) is 61.0 Å². The summed E-state index contributed by atoms with van der Waals surface area (Å²) in [6.45, 7) is 2.69. The minimum atomic E-state index is -0.466. The van der Waals surface area contributed by atoms with Gasteiger partial charge in [0.25, 0.3) is 11.8 Å². The summed E-state index contributed by atoms with van der Waals surface area (Å²) >= 11 is 0. The molecule has 0 unspecified atom stereocenters. The number of carbonyl (C=O) groups excluding carboxylic acids is 3. The highest BCUT2D eigenvalue weighted by molar-refractivity contribution is 6.09. The summed E-state index contributed by atoms with van der Waals surface area (Å²) in [5.41, 5.74) is 7.22. The van der Waals surface area contributed by atoms with E-state index in [0.29, 0.717) is 65.4 Å². The fourth-order valence-electron chi connectivity index (χ4n) is 7.16. The molecule has 10 nitrogen and oxygen atoms in total. The molecule has 2 N–H and O–H groups in total. The smallest absolute Gasteiger partial charge is 0.415 e.